The topological polar surface area (TPSA) is 91.5 Å². The Bertz CT molecular complexity index is 744. The van der Waals surface area contributed by atoms with Gasteiger partial charge in [0.2, 0.25) is 0 Å². The molecule has 0 spiro atoms. The van der Waals surface area contributed by atoms with Gasteiger partial charge in [-0.15, -0.1) is 0 Å². The Morgan fingerprint density at radius 2 is 1.90 bits per heavy atom. The van der Waals surface area contributed by atoms with Gasteiger partial charge in [-0.25, -0.2) is 18.5 Å². The van der Waals surface area contributed by atoms with E-state index in [9.17, 15) is 8.42 Å². The van der Waals surface area contributed by atoms with Crippen LogP contribution in [-0.4, -0.2) is 27.6 Å². The number of hydrogen-bond donors (Lipinski definition) is 1. The second-order valence-electron chi connectivity index (χ2n) is 4.37. The predicted molar refractivity (Wildman–Crippen MR) is 78.0 cm³/mol. The molecular weight excluding hydrogens is 292 g/mol. The molecule has 0 bridgehead atoms. The number of hydrogen-bond acceptors (Lipinski definition) is 5. The molecule has 0 radical (unpaired) electrons. The van der Waals surface area contributed by atoms with E-state index in [1.165, 1.54) is 6.20 Å². The minimum atomic E-state index is -3.86. The van der Waals surface area contributed by atoms with Crippen molar-refractivity contribution in [3.63, 3.8) is 0 Å². The van der Waals surface area contributed by atoms with Gasteiger partial charge in [-0.05, 0) is 23.3 Å². The van der Waals surface area contributed by atoms with Crippen LogP contribution in [0.1, 0.15) is 11.1 Å². The van der Waals surface area contributed by atoms with Gasteiger partial charge in [0.15, 0.2) is 5.03 Å². The lowest BCUT2D eigenvalue weighted by Gasteiger charge is -2.11. The lowest BCUT2D eigenvalue weighted by Crippen LogP contribution is -2.16. The summed E-state index contributed by atoms with van der Waals surface area (Å²) in [5.74, 6) is 1.27. The molecule has 21 heavy (non-hydrogen) atoms. The van der Waals surface area contributed by atoms with Crippen molar-refractivity contribution in [3.8, 4) is 11.5 Å². The molecule has 0 fully saturated rings. The van der Waals surface area contributed by atoms with Crippen LogP contribution in [0.2, 0.25) is 0 Å². The number of nitrogens with zero attached hydrogens (tertiary/aromatic N) is 1. The van der Waals surface area contributed by atoms with E-state index in [0.717, 1.165) is 5.56 Å². The average molecular weight is 308 g/mol. The van der Waals surface area contributed by atoms with Crippen molar-refractivity contribution in [2.45, 2.75) is 11.4 Å². The molecule has 2 aromatic rings. The molecule has 1 aromatic heterocycles. The van der Waals surface area contributed by atoms with Crippen LogP contribution in [0.4, 0.5) is 0 Å². The smallest absolute Gasteiger partial charge is 0.255 e. The number of sulfonamides is 1. The monoisotopic (exact) mass is 308 g/mol. The van der Waals surface area contributed by atoms with E-state index in [-0.39, 0.29) is 5.03 Å². The summed E-state index contributed by atoms with van der Waals surface area (Å²) in [6.07, 6.45) is 1.74. The lowest BCUT2D eigenvalue weighted by atomic mass is 10.1. The number of rotatable bonds is 5. The van der Waals surface area contributed by atoms with Crippen LogP contribution in [0, 0.1) is 0 Å². The molecule has 0 aliphatic rings. The van der Waals surface area contributed by atoms with Crippen molar-refractivity contribution in [2.75, 3.05) is 14.2 Å². The number of ether oxygens (including phenoxy) is 2. The molecule has 7 heteroatoms. The van der Waals surface area contributed by atoms with E-state index in [0.29, 0.717) is 23.5 Å². The maximum atomic E-state index is 11.6. The number of pyridine rings is 1. The third kappa shape index (κ3) is 3.50. The molecule has 0 saturated heterocycles. The van der Waals surface area contributed by atoms with Gasteiger partial charge in [0.05, 0.1) is 14.2 Å². The van der Waals surface area contributed by atoms with Crippen molar-refractivity contribution < 1.29 is 17.9 Å². The minimum Gasteiger partial charge on any atom is -0.497 e. The number of aromatic nitrogens is 1. The molecule has 112 valence electrons. The zero-order chi connectivity index (χ0) is 15.5. The van der Waals surface area contributed by atoms with Crippen LogP contribution in [0.5, 0.6) is 11.5 Å². The van der Waals surface area contributed by atoms with E-state index >= 15 is 0 Å². The molecule has 1 heterocycles. The van der Waals surface area contributed by atoms with Gasteiger partial charge in [0.25, 0.3) is 10.0 Å². The van der Waals surface area contributed by atoms with Crippen LogP contribution in [0.15, 0.2) is 41.6 Å². The van der Waals surface area contributed by atoms with Gasteiger partial charge in [0, 0.05) is 18.7 Å². The third-order valence-corrected chi connectivity index (χ3v) is 3.90. The molecule has 0 saturated carbocycles. The summed E-state index contributed by atoms with van der Waals surface area (Å²) in [4.78, 5) is 3.86. The molecule has 0 amide bonds. The summed E-state index contributed by atoms with van der Waals surface area (Å²) >= 11 is 0. The Balaban J connectivity index is 2.44. The normalized spacial score (nSPS) is 11.2. The predicted octanol–water partition coefficient (Wildman–Crippen LogP) is 1.34. The number of nitrogens with two attached hydrogens (primary N) is 1. The van der Waals surface area contributed by atoms with Gasteiger partial charge < -0.3 is 9.47 Å². The van der Waals surface area contributed by atoms with Crippen LogP contribution >= 0.6 is 0 Å². The first-order valence-corrected chi connectivity index (χ1v) is 7.68. The number of methoxy groups -OCH3 is 2. The maximum absolute atomic E-state index is 11.6. The Kier molecular flexibility index (Phi) is 4.44. The zero-order valence-corrected chi connectivity index (χ0v) is 12.6. The highest BCUT2D eigenvalue weighted by molar-refractivity contribution is 7.89. The quantitative estimate of drug-likeness (QED) is 0.900. The number of benzene rings is 1. The zero-order valence-electron chi connectivity index (χ0n) is 11.7. The molecule has 6 nitrogen and oxygen atoms in total. The van der Waals surface area contributed by atoms with Crippen LogP contribution < -0.4 is 14.6 Å². The molecule has 1 aromatic carbocycles. The van der Waals surface area contributed by atoms with Gasteiger partial charge in [0.1, 0.15) is 11.5 Å². The Morgan fingerprint density at radius 1 is 1.14 bits per heavy atom. The minimum absolute atomic E-state index is 0.122. The summed E-state index contributed by atoms with van der Waals surface area (Å²) in [6, 6.07) is 8.68. The molecule has 0 atom stereocenters. The second-order valence-corrected chi connectivity index (χ2v) is 5.84. The molecule has 2 rings (SSSR count). The Hall–Kier alpha value is -2.12. The van der Waals surface area contributed by atoms with Gasteiger partial charge in [-0.3, -0.25) is 0 Å². The lowest BCUT2D eigenvalue weighted by molar-refractivity contribution is 0.391. The first kappa shape index (κ1) is 15.3. The van der Waals surface area contributed by atoms with E-state index in [1.807, 2.05) is 6.07 Å². The van der Waals surface area contributed by atoms with Gasteiger partial charge in [-0.2, -0.15) is 0 Å². The van der Waals surface area contributed by atoms with Crippen molar-refractivity contribution >= 4 is 10.0 Å². The molecule has 0 unspecified atom stereocenters. The highest BCUT2D eigenvalue weighted by Crippen LogP contribution is 2.27. The fraction of sp³-hybridized carbons (Fsp3) is 0.214. The van der Waals surface area contributed by atoms with Gasteiger partial charge in [-0.1, -0.05) is 12.1 Å². The van der Waals surface area contributed by atoms with Crippen LogP contribution in [-0.2, 0) is 16.4 Å². The third-order valence-electron chi connectivity index (χ3n) is 2.99. The van der Waals surface area contributed by atoms with Crippen LogP contribution in [0.3, 0.4) is 0 Å². The molecular formula is C14H16N2O4S. The summed E-state index contributed by atoms with van der Waals surface area (Å²) in [5, 5.41) is 5.06. The van der Waals surface area contributed by atoms with Crippen molar-refractivity contribution in [1.82, 2.24) is 4.98 Å². The van der Waals surface area contributed by atoms with Crippen molar-refractivity contribution in [2.24, 2.45) is 5.14 Å². The Labute approximate surface area is 123 Å². The van der Waals surface area contributed by atoms with Gasteiger partial charge >= 0.3 is 0 Å². The summed E-state index contributed by atoms with van der Waals surface area (Å²) in [6.45, 7) is 0. The van der Waals surface area contributed by atoms with Crippen LogP contribution in [0.25, 0.3) is 0 Å². The molecule has 2 N–H and O–H groups in total. The summed E-state index contributed by atoms with van der Waals surface area (Å²) in [7, 11) is -0.755. The SMILES string of the molecule is COc1ccc(Cc2cccnc2S(N)(=O)=O)c(OC)c1. The fourth-order valence-corrected chi connectivity index (χ4v) is 2.73. The van der Waals surface area contributed by atoms with E-state index in [4.69, 9.17) is 14.6 Å². The first-order chi connectivity index (χ1) is 9.95. The highest BCUT2D eigenvalue weighted by atomic mass is 32.2. The van der Waals surface area contributed by atoms with E-state index in [1.54, 1.807) is 38.5 Å². The Morgan fingerprint density at radius 3 is 2.52 bits per heavy atom. The maximum Gasteiger partial charge on any atom is 0.255 e. The first-order valence-electron chi connectivity index (χ1n) is 6.13. The molecule has 0 aliphatic heterocycles. The number of primary sulfonamides is 1. The van der Waals surface area contributed by atoms with Crippen molar-refractivity contribution in [1.29, 1.82) is 0 Å². The summed E-state index contributed by atoms with van der Waals surface area (Å²) < 4.78 is 33.6. The summed E-state index contributed by atoms with van der Waals surface area (Å²) in [5.41, 5.74) is 1.33. The largest absolute Gasteiger partial charge is 0.497 e. The average Bonchev–Trinajstić information content (AvgIpc) is 2.47. The standard InChI is InChI=1S/C14H16N2O4S/c1-19-12-6-5-10(13(9-12)20-2)8-11-4-3-7-16-14(11)21(15,17)18/h3-7,9H,8H2,1-2H3,(H2,15,17,18). The van der Waals surface area contributed by atoms with E-state index < -0.39 is 10.0 Å². The highest BCUT2D eigenvalue weighted by Gasteiger charge is 2.16. The second kappa shape index (κ2) is 6.11. The van der Waals surface area contributed by atoms with Crippen molar-refractivity contribution in [3.05, 3.63) is 47.7 Å². The fourth-order valence-electron chi connectivity index (χ4n) is 2.02. The molecule has 0 aliphatic carbocycles. The van der Waals surface area contributed by atoms with E-state index in [2.05, 4.69) is 4.98 Å².